The molecule has 3 atom stereocenters. The molecule has 0 saturated carbocycles. The normalized spacial score (nSPS) is 26.9. The van der Waals surface area contributed by atoms with Crippen molar-refractivity contribution in [3.05, 3.63) is 40.7 Å². The Bertz CT molecular complexity index is 1160. The van der Waals surface area contributed by atoms with Crippen molar-refractivity contribution in [3.8, 4) is 0 Å². The number of likely N-dealkylation sites (tertiary alicyclic amines) is 2. The van der Waals surface area contributed by atoms with E-state index >= 15 is 0 Å². The highest BCUT2D eigenvalue weighted by Crippen LogP contribution is 2.32. The van der Waals surface area contributed by atoms with Crippen LogP contribution in [0.25, 0.3) is 0 Å². The first-order chi connectivity index (χ1) is 16.7. The van der Waals surface area contributed by atoms with E-state index in [-0.39, 0.29) is 29.2 Å². The van der Waals surface area contributed by atoms with E-state index in [1.54, 1.807) is 18.2 Å². The van der Waals surface area contributed by atoms with Gasteiger partial charge in [0.2, 0.25) is 10.0 Å². The van der Waals surface area contributed by atoms with Gasteiger partial charge in [-0.05, 0) is 56.4 Å². The molecule has 9 nitrogen and oxygen atoms in total. The predicted octanol–water partition coefficient (Wildman–Crippen LogP) is 2.88. The number of carbonyl (C=O) groups excluding carboxylic acids is 1. The molecule has 11 heteroatoms. The van der Waals surface area contributed by atoms with Crippen LogP contribution in [0.3, 0.4) is 0 Å². The van der Waals surface area contributed by atoms with Crippen LogP contribution in [0.4, 0.5) is 5.69 Å². The number of benzene rings is 1. The fourth-order valence-electron chi connectivity index (χ4n) is 5.61. The van der Waals surface area contributed by atoms with Gasteiger partial charge >= 0.3 is 0 Å². The Labute approximate surface area is 212 Å². The summed E-state index contributed by atoms with van der Waals surface area (Å²) in [4.78, 5) is 23.0. The minimum absolute atomic E-state index is 0.0615. The van der Waals surface area contributed by atoms with Crippen molar-refractivity contribution >= 4 is 39.1 Å². The first kappa shape index (κ1) is 24.4. The minimum Gasteiger partial charge on any atom is -0.360 e. The number of halogens is 1. The topological polar surface area (TPSA) is 97.3 Å². The molecular formula is C24H33ClN6O3S. The summed E-state index contributed by atoms with van der Waals surface area (Å²) in [5.74, 6) is 2.20. The van der Waals surface area contributed by atoms with E-state index < -0.39 is 10.0 Å². The molecule has 1 aromatic rings. The molecule has 4 aliphatic rings. The van der Waals surface area contributed by atoms with Crippen molar-refractivity contribution in [2.45, 2.75) is 51.1 Å². The summed E-state index contributed by atoms with van der Waals surface area (Å²) in [5.41, 5.74) is 4.10. The summed E-state index contributed by atoms with van der Waals surface area (Å²) in [5, 5.41) is 2.50. The standard InChI is InChI=1S/C24H33ClN6O3S/c1-16-15-31-22(26-23(16)29-10-5-6-11-29)14-20(27-31)21-7-3-4-12-30(21)24(32)18-13-17(25)8-9-19(18)28-35(2,33)34/h8-9,13-14,16,20-21,27-28H,3-7,10-12,15H2,1-2H3/t16?,20?,21-/m0/s1. The molecule has 4 heterocycles. The zero-order valence-corrected chi connectivity index (χ0v) is 21.8. The number of nitrogens with one attached hydrogen (secondary N) is 2. The third-order valence-corrected chi connectivity index (χ3v) is 8.02. The van der Waals surface area contributed by atoms with Crippen LogP contribution in [0.5, 0.6) is 0 Å². The van der Waals surface area contributed by atoms with Crippen LogP contribution in [-0.4, -0.2) is 79.5 Å². The molecule has 2 unspecified atom stereocenters. The van der Waals surface area contributed by atoms with E-state index in [4.69, 9.17) is 16.6 Å². The van der Waals surface area contributed by atoms with E-state index in [9.17, 15) is 13.2 Å². The maximum Gasteiger partial charge on any atom is 0.256 e. The van der Waals surface area contributed by atoms with Crippen LogP contribution >= 0.6 is 11.6 Å². The number of amidine groups is 1. The van der Waals surface area contributed by atoms with E-state index in [0.29, 0.717) is 17.5 Å². The molecular weight excluding hydrogens is 488 g/mol. The van der Waals surface area contributed by atoms with E-state index in [1.165, 1.54) is 18.7 Å². The number of hydrogen-bond acceptors (Lipinski definition) is 7. The molecule has 1 amide bonds. The fraction of sp³-hybridized carbons (Fsp3) is 0.583. The van der Waals surface area contributed by atoms with E-state index in [0.717, 1.165) is 51.0 Å². The van der Waals surface area contributed by atoms with E-state index in [1.807, 2.05) is 4.90 Å². The summed E-state index contributed by atoms with van der Waals surface area (Å²) < 4.78 is 26.3. The van der Waals surface area contributed by atoms with Crippen molar-refractivity contribution in [2.24, 2.45) is 10.9 Å². The lowest BCUT2D eigenvalue weighted by Gasteiger charge is -2.40. The van der Waals surface area contributed by atoms with Gasteiger partial charge in [-0.25, -0.2) is 18.8 Å². The van der Waals surface area contributed by atoms with Gasteiger partial charge in [-0.15, -0.1) is 0 Å². The Morgan fingerprint density at radius 2 is 1.91 bits per heavy atom. The van der Waals surface area contributed by atoms with Crippen LogP contribution in [0, 0.1) is 5.92 Å². The lowest BCUT2D eigenvalue weighted by molar-refractivity contribution is 0.0545. The molecule has 2 fully saturated rings. The SMILES string of the molecule is CC1CN2NC([C@@H]3CCCCN3C(=O)c3cc(Cl)ccc3NS(C)(=O)=O)C=C2N=C1N1CCCC1. The van der Waals surface area contributed by atoms with Crippen molar-refractivity contribution in [3.63, 3.8) is 0 Å². The number of nitrogens with zero attached hydrogens (tertiary/aromatic N) is 4. The van der Waals surface area contributed by atoms with Crippen molar-refractivity contribution in [1.82, 2.24) is 20.2 Å². The van der Waals surface area contributed by atoms with Gasteiger partial charge in [0.15, 0.2) is 0 Å². The summed E-state index contributed by atoms with van der Waals surface area (Å²) in [6, 6.07) is 4.54. The highest BCUT2D eigenvalue weighted by Gasteiger charge is 2.40. The molecule has 35 heavy (non-hydrogen) atoms. The molecule has 0 aliphatic carbocycles. The van der Waals surface area contributed by atoms with Crippen LogP contribution in [0.15, 0.2) is 35.1 Å². The molecule has 2 saturated heterocycles. The van der Waals surface area contributed by atoms with Gasteiger partial charge < -0.3 is 9.80 Å². The summed E-state index contributed by atoms with van der Waals surface area (Å²) in [7, 11) is -3.55. The Morgan fingerprint density at radius 3 is 2.66 bits per heavy atom. The molecule has 0 spiro atoms. The van der Waals surface area contributed by atoms with Crippen LogP contribution in [0.2, 0.25) is 5.02 Å². The Balaban J connectivity index is 1.41. The monoisotopic (exact) mass is 520 g/mol. The van der Waals surface area contributed by atoms with Gasteiger partial charge in [0.1, 0.15) is 11.7 Å². The van der Waals surface area contributed by atoms with Gasteiger partial charge in [-0.2, -0.15) is 0 Å². The third-order valence-electron chi connectivity index (χ3n) is 7.20. The fourth-order valence-corrected chi connectivity index (χ4v) is 6.36. The first-order valence-electron chi connectivity index (χ1n) is 12.4. The summed E-state index contributed by atoms with van der Waals surface area (Å²) in [6.45, 7) is 5.81. The number of amides is 1. The maximum absolute atomic E-state index is 13.8. The average molecular weight is 521 g/mol. The Morgan fingerprint density at radius 1 is 1.17 bits per heavy atom. The van der Waals surface area contributed by atoms with Crippen molar-refractivity contribution in [1.29, 1.82) is 0 Å². The number of rotatable bonds is 4. The average Bonchev–Trinajstić information content (AvgIpc) is 3.48. The number of piperidine rings is 1. The maximum atomic E-state index is 13.8. The molecule has 5 rings (SSSR count). The van der Waals surface area contributed by atoms with E-state index in [2.05, 4.69) is 33.1 Å². The summed E-state index contributed by atoms with van der Waals surface area (Å²) >= 11 is 6.20. The van der Waals surface area contributed by atoms with Gasteiger partial charge in [0, 0.05) is 37.1 Å². The Kier molecular flexibility index (Phi) is 6.71. The van der Waals surface area contributed by atoms with Crippen molar-refractivity contribution < 1.29 is 13.2 Å². The minimum atomic E-state index is -3.55. The van der Waals surface area contributed by atoms with Gasteiger partial charge in [-0.3, -0.25) is 14.5 Å². The van der Waals surface area contributed by atoms with Crippen LogP contribution < -0.4 is 10.1 Å². The number of fused-ring (bicyclic) bond motifs is 1. The van der Waals surface area contributed by atoms with Crippen LogP contribution in [0.1, 0.15) is 49.4 Å². The molecule has 4 aliphatic heterocycles. The van der Waals surface area contributed by atoms with Crippen LogP contribution in [-0.2, 0) is 10.0 Å². The quantitative estimate of drug-likeness (QED) is 0.633. The Hall–Kier alpha value is -2.30. The summed E-state index contributed by atoms with van der Waals surface area (Å²) in [6.07, 6.45) is 8.43. The second-order valence-corrected chi connectivity index (χ2v) is 12.2. The number of hydrogen-bond donors (Lipinski definition) is 2. The number of sulfonamides is 1. The van der Waals surface area contributed by atoms with Gasteiger partial charge in [0.25, 0.3) is 5.91 Å². The zero-order chi connectivity index (χ0) is 24.7. The highest BCUT2D eigenvalue weighted by molar-refractivity contribution is 7.92. The smallest absolute Gasteiger partial charge is 0.256 e. The lowest BCUT2D eigenvalue weighted by atomic mass is 9.94. The molecule has 2 N–H and O–H groups in total. The van der Waals surface area contributed by atoms with Gasteiger partial charge in [0.05, 0.1) is 29.6 Å². The number of hydrazine groups is 1. The molecule has 190 valence electrons. The van der Waals surface area contributed by atoms with Crippen molar-refractivity contribution in [2.75, 3.05) is 37.2 Å². The second kappa shape index (κ2) is 9.63. The predicted molar refractivity (Wildman–Crippen MR) is 138 cm³/mol. The highest BCUT2D eigenvalue weighted by atomic mass is 35.5. The molecule has 0 radical (unpaired) electrons. The number of carbonyl (C=O) groups is 1. The number of aliphatic imine (C=N–C) groups is 1. The largest absolute Gasteiger partial charge is 0.360 e. The lowest BCUT2D eigenvalue weighted by Crippen LogP contribution is -2.55. The molecule has 0 aromatic heterocycles. The number of anilines is 1. The van der Waals surface area contributed by atoms with Gasteiger partial charge in [-0.1, -0.05) is 18.5 Å². The molecule has 0 bridgehead atoms. The first-order valence-corrected chi connectivity index (χ1v) is 14.6. The second-order valence-electron chi connectivity index (χ2n) is 9.98. The zero-order valence-electron chi connectivity index (χ0n) is 20.2. The third kappa shape index (κ3) is 5.15. The molecule has 1 aromatic carbocycles.